The zero-order valence-electron chi connectivity index (χ0n) is 13.4. The van der Waals surface area contributed by atoms with Gasteiger partial charge in [0.15, 0.2) is 11.5 Å². The maximum Gasteiger partial charge on any atom is 0.396 e. The van der Waals surface area contributed by atoms with Crippen LogP contribution in [-0.2, 0) is 15.7 Å². The average Bonchev–Trinajstić information content (AvgIpc) is 2.55. The van der Waals surface area contributed by atoms with Crippen LogP contribution in [0, 0.1) is 0 Å². The molecule has 1 aromatic carbocycles. The van der Waals surface area contributed by atoms with Crippen molar-refractivity contribution in [2.45, 2.75) is 24.2 Å². The van der Waals surface area contributed by atoms with Crippen LogP contribution in [0.4, 0.5) is 0 Å². The van der Waals surface area contributed by atoms with Crippen LogP contribution in [0.25, 0.3) is 11.0 Å². The van der Waals surface area contributed by atoms with E-state index in [0.29, 0.717) is 10.4 Å². The van der Waals surface area contributed by atoms with Crippen LogP contribution in [0.2, 0.25) is 5.02 Å². The van der Waals surface area contributed by atoms with Gasteiger partial charge in [-0.15, -0.1) is 0 Å². The molecule has 0 saturated carbocycles. The summed E-state index contributed by atoms with van der Waals surface area (Å²) in [7, 11) is -0.730. The lowest BCUT2D eigenvalue weighted by Gasteiger charge is -2.25. The van der Waals surface area contributed by atoms with Crippen molar-refractivity contribution in [2.75, 3.05) is 25.1 Å². The minimum absolute atomic E-state index is 0.0236. The van der Waals surface area contributed by atoms with E-state index < -0.39 is 16.5 Å². The molecule has 1 saturated heterocycles. The highest BCUT2D eigenvalue weighted by Crippen LogP contribution is 2.31. The number of benzene rings is 1. The second kappa shape index (κ2) is 7.07. The summed E-state index contributed by atoms with van der Waals surface area (Å²) in [6.07, 6.45) is 4.98. The molecule has 1 N–H and O–H groups in total. The third kappa shape index (κ3) is 3.39. The average molecular weight is 369 g/mol. The van der Waals surface area contributed by atoms with E-state index in [9.17, 15) is 14.7 Å². The van der Waals surface area contributed by atoms with Gasteiger partial charge in [0.05, 0.1) is 5.39 Å². The molecule has 128 valence electrons. The van der Waals surface area contributed by atoms with Crippen molar-refractivity contribution in [3.8, 4) is 5.75 Å². The Bertz CT molecular complexity index is 829. The predicted molar refractivity (Wildman–Crippen MR) is 96.0 cm³/mol. The molecule has 5 nitrogen and oxygen atoms in total. The third-order valence-corrected chi connectivity index (χ3v) is 6.17. The monoisotopic (exact) mass is 368 g/mol. The second-order valence-corrected chi connectivity index (χ2v) is 8.34. The largest absolute Gasteiger partial charge is 0.503 e. The van der Waals surface area contributed by atoms with Gasteiger partial charge < -0.3 is 14.4 Å². The fourth-order valence-corrected chi connectivity index (χ4v) is 4.57. The number of carbonyl (C=O) groups excluding carboxylic acids is 1. The highest BCUT2D eigenvalue weighted by atomic mass is 35.5. The molecule has 1 aliphatic rings. The molecular weight excluding hydrogens is 350 g/mol. The number of amides is 1. The van der Waals surface area contributed by atoms with E-state index >= 15 is 0 Å². The zero-order valence-corrected chi connectivity index (χ0v) is 15.0. The van der Waals surface area contributed by atoms with E-state index in [0.717, 1.165) is 32.4 Å². The molecule has 1 aromatic heterocycles. The molecule has 1 amide bonds. The number of aromatic hydroxyl groups is 1. The summed E-state index contributed by atoms with van der Waals surface area (Å²) < 4.78 is 5.28. The molecule has 0 radical (unpaired) electrons. The Labute approximate surface area is 147 Å². The summed E-state index contributed by atoms with van der Waals surface area (Å²) in [5, 5.41) is 11.3. The predicted octanol–water partition coefficient (Wildman–Crippen LogP) is 2.77. The van der Waals surface area contributed by atoms with Crippen molar-refractivity contribution < 1.29 is 14.3 Å². The van der Waals surface area contributed by atoms with E-state index in [1.165, 1.54) is 6.07 Å². The normalized spacial score (nSPS) is 16.3. The SMILES string of the molecule is C[S+](CC(=O)N1CCCCC1)c1c(O)c2ccc(Cl)cc2oc1=O. The van der Waals surface area contributed by atoms with Crippen molar-refractivity contribution in [3.05, 3.63) is 33.6 Å². The molecule has 2 aromatic rings. The van der Waals surface area contributed by atoms with Gasteiger partial charge >= 0.3 is 5.63 Å². The van der Waals surface area contributed by atoms with Crippen LogP contribution in [0.1, 0.15) is 19.3 Å². The number of likely N-dealkylation sites (tertiary alicyclic amines) is 1. The molecule has 24 heavy (non-hydrogen) atoms. The Morgan fingerprint density at radius 1 is 1.33 bits per heavy atom. The molecule has 2 heterocycles. The lowest BCUT2D eigenvalue weighted by molar-refractivity contribution is -0.129. The Hall–Kier alpha value is -1.66. The number of hydrogen-bond acceptors (Lipinski definition) is 4. The molecule has 3 rings (SSSR count). The van der Waals surface area contributed by atoms with Gasteiger partial charge in [0.1, 0.15) is 11.8 Å². The molecule has 1 unspecified atom stereocenters. The highest BCUT2D eigenvalue weighted by Gasteiger charge is 2.32. The molecule has 0 bridgehead atoms. The number of carbonyl (C=O) groups is 1. The molecular formula is C17H19ClNO4S+. The van der Waals surface area contributed by atoms with Crippen molar-refractivity contribution in [1.29, 1.82) is 0 Å². The number of fused-ring (bicyclic) bond motifs is 1. The number of nitrogens with zero attached hydrogens (tertiary/aromatic N) is 1. The number of halogens is 1. The van der Waals surface area contributed by atoms with Gasteiger partial charge in [-0.3, -0.25) is 4.79 Å². The summed E-state index contributed by atoms with van der Waals surface area (Å²) in [6, 6.07) is 4.73. The molecule has 0 aliphatic carbocycles. The minimum Gasteiger partial charge on any atom is -0.503 e. The first-order chi connectivity index (χ1) is 11.5. The summed E-state index contributed by atoms with van der Waals surface area (Å²) in [4.78, 5) is 26.7. The fraction of sp³-hybridized carbons (Fsp3) is 0.412. The van der Waals surface area contributed by atoms with E-state index in [1.54, 1.807) is 18.4 Å². The molecule has 1 fully saturated rings. The first-order valence-corrected chi connectivity index (χ1v) is 10.0. The lowest BCUT2D eigenvalue weighted by Crippen LogP contribution is -2.39. The number of piperidine rings is 1. The second-order valence-electron chi connectivity index (χ2n) is 5.93. The van der Waals surface area contributed by atoms with Crippen LogP contribution < -0.4 is 5.63 Å². The van der Waals surface area contributed by atoms with Crippen LogP contribution in [0.15, 0.2) is 32.3 Å². The first-order valence-electron chi connectivity index (χ1n) is 7.83. The van der Waals surface area contributed by atoms with Gasteiger partial charge in [-0.2, -0.15) is 0 Å². The lowest BCUT2D eigenvalue weighted by atomic mass is 10.1. The Balaban J connectivity index is 1.89. The van der Waals surface area contributed by atoms with Gasteiger partial charge in [-0.05, 0) is 31.4 Å². The standard InChI is InChI=1S/C17H18ClNO4S/c1-24(10-14(20)19-7-3-2-4-8-19)16-15(21)12-6-5-11(18)9-13(12)23-17(16)22/h5-6,9H,2-4,7-8,10H2,1H3/p+1. The van der Waals surface area contributed by atoms with Crippen LogP contribution in [0.5, 0.6) is 5.75 Å². The van der Waals surface area contributed by atoms with E-state index in [-0.39, 0.29) is 27.9 Å². The van der Waals surface area contributed by atoms with Gasteiger partial charge in [0, 0.05) is 35.1 Å². The van der Waals surface area contributed by atoms with Crippen LogP contribution in [0.3, 0.4) is 0 Å². The highest BCUT2D eigenvalue weighted by molar-refractivity contribution is 7.97. The smallest absolute Gasteiger partial charge is 0.396 e. The van der Waals surface area contributed by atoms with Gasteiger partial charge in [0.25, 0.3) is 10.8 Å². The quantitative estimate of drug-likeness (QED) is 0.668. The maximum atomic E-state index is 12.4. The molecule has 1 atom stereocenters. The Morgan fingerprint density at radius 3 is 2.75 bits per heavy atom. The van der Waals surface area contributed by atoms with E-state index in [2.05, 4.69) is 0 Å². The molecule has 0 spiro atoms. The minimum atomic E-state index is -0.730. The van der Waals surface area contributed by atoms with Gasteiger partial charge in [0.2, 0.25) is 0 Å². The van der Waals surface area contributed by atoms with Crippen LogP contribution in [-0.4, -0.2) is 41.0 Å². The van der Waals surface area contributed by atoms with Crippen molar-refractivity contribution in [2.24, 2.45) is 0 Å². The van der Waals surface area contributed by atoms with Gasteiger partial charge in [-0.1, -0.05) is 11.6 Å². The van der Waals surface area contributed by atoms with E-state index in [1.807, 2.05) is 4.90 Å². The number of hydrogen-bond donors (Lipinski definition) is 1. The zero-order chi connectivity index (χ0) is 17.3. The Kier molecular flexibility index (Phi) is 5.06. The first kappa shape index (κ1) is 17.2. The summed E-state index contributed by atoms with van der Waals surface area (Å²) in [6.45, 7) is 1.54. The van der Waals surface area contributed by atoms with Gasteiger partial charge in [-0.25, -0.2) is 4.79 Å². The number of rotatable bonds is 3. The summed E-state index contributed by atoms with van der Waals surface area (Å²) >= 11 is 5.89. The van der Waals surface area contributed by atoms with Crippen molar-refractivity contribution in [3.63, 3.8) is 0 Å². The fourth-order valence-electron chi connectivity index (χ4n) is 2.94. The third-order valence-electron chi connectivity index (χ3n) is 4.20. The summed E-state index contributed by atoms with van der Waals surface area (Å²) in [5.74, 6) is 0.114. The van der Waals surface area contributed by atoms with Crippen LogP contribution >= 0.6 is 11.6 Å². The Morgan fingerprint density at radius 2 is 2.04 bits per heavy atom. The van der Waals surface area contributed by atoms with E-state index in [4.69, 9.17) is 16.0 Å². The molecule has 1 aliphatic heterocycles. The molecule has 7 heteroatoms. The maximum absolute atomic E-state index is 12.4. The topological polar surface area (TPSA) is 70.8 Å². The van der Waals surface area contributed by atoms with Crippen molar-refractivity contribution >= 4 is 39.4 Å². The van der Waals surface area contributed by atoms with Crippen molar-refractivity contribution in [1.82, 2.24) is 4.90 Å². The summed E-state index contributed by atoms with van der Waals surface area (Å²) in [5.41, 5.74) is -0.368.